The van der Waals surface area contributed by atoms with Crippen molar-refractivity contribution in [2.45, 2.75) is 38.8 Å². The standard InChI is InChI=1S/C10H18N2O4/c1-6(13)10(2,3)12-7(5-8(14)15)9(16)11-4/h7,12H,5H2,1-4H3,(H,11,16)(H,14,15). The molecule has 92 valence electrons. The van der Waals surface area contributed by atoms with Crippen LogP contribution in [-0.4, -0.2) is 41.4 Å². The van der Waals surface area contributed by atoms with Crippen LogP contribution in [0.1, 0.15) is 27.2 Å². The monoisotopic (exact) mass is 230 g/mol. The van der Waals surface area contributed by atoms with Gasteiger partial charge in [0.1, 0.15) is 5.78 Å². The van der Waals surface area contributed by atoms with Crippen LogP contribution in [0.5, 0.6) is 0 Å². The maximum absolute atomic E-state index is 11.4. The molecule has 0 spiro atoms. The van der Waals surface area contributed by atoms with Crippen molar-refractivity contribution in [1.82, 2.24) is 10.6 Å². The second-order valence-electron chi connectivity index (χ2n) is 4.09. The van der Waals surface area contributed by atoms with Gasteiger partial charge < -0.3 is 10.4 Å². The Morgan fingerprint density at radius 1 is 1.31 bits per heavy atom. The van der Waals surface area contributed by atoms with Crippen molar-refractivity contribution >= 4 is 17.7 Å². The molecular weight excluding hydrogens is 212 g/mol. The van der Waals surface area contributed by atoms with Crippen molar-refractivity contribution in [3.8, 4) is 0 Å². The number of carbonyl (C=O) groups is 3. The van der Waals surface area contributed by atoms with E-state index in [4.69, 9.17) is 5.11 Å². The van der Waals surface area contributed by atoms with Gasteiger partial charge in [0.2, 0.25) is 5.91 Å². The van der Waals surface area contributed by atoms with E-state index in [0.717, 1.165) is 0 Å². The quantitative estimate of drug-likeness (QED) is 0.573. The van der Waals surface area contributed by atoms with E-state index in [9.17, 15) is 14.4 Å². The van der Waals surface area contributed by atoms with Crippen LogP contribution in [0, 0.1) is 0 Å². The Kier molecular flexibility index (Phi) is 5.10. The molecule has 0 rings (SSSR count). The molecule has 0 aliphatic rings. The number of Topliss-reactive ketones (excluding diaryl/α,β-unsaturated/α-hetero) is 1. The summed E-state index contributed by atoms with van der Waals surface area (Å²) in [5, 5.41) is 13.7. The van der Waals surface area contributed by atoms with Crippen LogP contribution in [0.3, 0.4) is 0 Å². The van der Waals surface area contributed by atoms with Gasteiger partial charge in [-0.1, -0.05) is 0 Å². The van der Waals surface area contributed by atoms with Gasteiger partial charge in [0.05, 0.1) is 18.0 Å². The zero-order chi connectivity index (χ0) is 12.9. The summed E-state index contributed by atoms with van der Waals surface area (Å²) in [6, 6.07) is -0.915. The lowest BCUT2D eigenvalue weighted by Gasteiger charge is -2.28. The molecule has 0 saturated carbocycles. The van der Waals surface area contributed by atoms with E-state index in [2.05, 4.69) is 10.6 Å². The van der Waals surface area contributed by atoms with Crippen molar-refractivity contribution in [3.05, 3.63) is 0 Å². The Morgan fingerprint density at radius 2 is 1.81 bits per heavy atom. The molecule has 0 aliphatic carbocycles. The Balaban J connectivity index is 4.73. The first-order chi connectivity index (χ1) is 7.20. The van der Waals surface area contributed by atoms with Gasteiger partial charge in [-0.3, -0.25) is 19.7 Å². The highest BCUT2D eigenvalue weighted by molar-refractivity contribution is 5.89. The molecular formula is C10H18N2O4. The fourth-order valence-electron chi connectivity index (χ4n) is 1.10. The first kappa shape index (κ1) is 14.6. The van der Waals surface area contributed by atoms with Crippen LogP contribution in [0.25, 0.3) is 0 Å². The fraction of sp³-hybridized carbons (Fsp3) is 0.700. The van der Waals surface area contributed by atoms with Gasteiger partial charge in [0.15, 0.2) is 0 Å². The van der Waals surface area contributed by atoms with Gasteiger partial charge in [0, 0.05) is 7.05 Å². The van der Waals surface area contributed by atoms with E-state index in [1.807, 2.05) is 0 Å². The van der Waals surface area contributed by atoms with Gasteiger partial charge in [-0.25, -0.2) is 0 Å². The number of ketones is 1. The zero-order valence-electron chi connectivity index (χ0n) is 9.96. The number of amides is 1. The summed E-state index contributed by atoms with van der Waals surface area (Å²) < 4.78 is 0. The number of likely N-dealkylation sites (N-methyl/N-ethyl adjacent to an activating group) is 1. The molecule has 6 nitrogen and oxygen atoms in total. The summed E-state index contributed by atoms with van der Waals surface area (Å²) >= 11 is 0. The first-order valence-corrected chi connectivity index (χ1v) is 4.93. The molecule has 6 heteroatoms. The molecule has 0 fully saturated rings. The Morgan fingerprint density at radius 3 is 2.12 bits per heavy atom. The number of aliphatic carboxylic acids is 1. The van der Waals surface area contributed by atoms with Gasteiger partial charge in [-0.05, 0) is 20.8 Å². The minimum absolute atomic E-state index is 0.160. The van der Waals surface area contributed by atoms with Crippen LogP contribution in [0.4, 0.5) is 0 Å². The molecule has 0 aromatic heterocycles. The molecule has 1 unspecified atom stereocenters. The Bertz CT molecular complexity index is 299. The number of hydrogen-bond donors (Lipinski definition) is 3. The molecule has 1 atom stereocenters. The lowest BCUT2D eigenvalue weighted by molar-refractivity contribution is -0.140. The fourth-order valence-corrected chi connectivity index (χ4v) is 1.10. The second-order valence-corrected chi connectivity index (χ2v) is 4.09. The van der Waals surface area contributed by atoms with Gasteiger partial charge in [-0.2, -0.15) is 0 Å². The molecule has 0 aromatic carbocycles. The minimum atomic E-state index is -1.10. The summed E-state index contributed by atoms with van der Waals surface area (Å²) in [5.74, 6) is -1.70. The lowest BCUT2D eigenvalue weighted by atomic mass is 9.98. The molecule has 1 amide bonds. The summed E-state index contributed by atoms with van der Waals surface area (Å²) in [4.78, 5) is 33.2. The second kappa shape index (κ2) is 5.60. The average Bonchev–Trinajstić information content (AvgIpc) is 2.14. The van der Waals surface area contributed by atoms with Crippen molar-refractivity contribution in [1.29, 1.82) is 0 Å². The smallest absolute Gasteiger partial charge is 0.305 e. The number of carboxylic acid groups (broad SMARTS) is 1. The van der Waals surface area contributed by atoms with Crippen molar-refractivity contribution in [2.75, 3.05) is 7.05 Å². The van der Waals surface area contributed by atoms with Crippen LogP contribution < -0.4 is 10.6 Å². The summed E-state index contributed by atoms with van der Waals surface area (Å²) in [5.41, 5.74) is -0.924. The maximum Gasteiger partial charge on any atom is 0.305 e. The van der Waals surface area contributed by atoms with E-state index < -0.39 is 23.5 Å². The molecule has 0 saturated heterocycles. The van der Waals surface area contributed by atoms with Crippen molar-refractivity contribution in [3.63, 3.8) is 0 Å². The van der Waals surface area contributed by atoms with E-state index in [0.29, 0.717) is 0 Å². The highest BCUT2D eigenvalue weighted by Crippen LogP contribution is 2.07. The van der Waals surface area contributed by atoms with Crippen LogP contribution in [-0.2, 0) is 14.4 Å². The number of hydrogen-bond acceptors (Lipinski definition) is 4. The highest BCUT2D eigenvalue weighted by Gasteiger charge is 2.31. The van der Waals surface area contributed by atoms with Gasteiger partial charge in [-0.15, -0.1) is 0 Å². The van der Waals surface area contributed by atoms with Crippen LogP contribution in [0.2, 0.25) is 0 Å². The predicted molar refractivity (Wildman–Crippen MR) is 58.0 cm³/mol. The zero-order valence-corrected chi connectivity index (χ0v) is 9.96. The van der Waals surface area contributed by atoms with E-state index in [-0.39, 0.29) is 12.2 Å². The largest absolute Gasteiger partial charge is 0.481 e. The number of carboxylic acids is 1. The van der Waals surface area contributed by atoms with E-state index >= 15 is 0 Å². The highest BCUT2D eigenvalue weighted by atomic mass is 16.4. The molecule has 3 N–H and O–H groups in total. The normalized spacial score (nSPS) is 13.0. The number of nitrogens with one attached hydrogen (secondary N) is 2. The molecule has 16 heavy (non-hydrogen) atoms. The Hall–Kier alpha value is -1.43. The molecule has 0 radical (unpaired) electrons. The molecule has 0 heterocycles. The first-order valence-electron chi connectivity index (χ1n) is 4.93. The van der Waals surface area contributed by atoms with E-state index in [1.165, 1.54) is 14.0 Å². The third kappa shape index (κ3) is 4.39. The molecule has 0 aliphatic heterocycles. The van der Waals surface area contributed by atoms with Gasteiger partial charge >= 0.3 is 5.97 Å². The predicted octanol–water partition coefficient (Wildman–Crippen LogP) is -0.467. The third-order valence-electron chi connectivity index (χ3n) is 2.36. The number of carbonyl (C=O) groups excluding carboxylic acids is 2. The molecule has 0 bridgehead atoms. The summed E-state index contributed by atoms with van der Waals surface area (Å²) in [6.07, 6.45) is -0.365. The minimum Gasteiger partial charge on any atom is -0.481 e. The van der Waals surface area contributed by atoms with Gasteiger partial charge in [0.25, 0.3) is 0 Å². The van der Waals surface area contributed by atoms with Crippen molar-refractivity contribution in [2.24, 2.45) is 0 Å². The Labute approximate surface area is 94.4 Å². The van der Waals surface area contributed by atoms with Crippen LogP contribution in [0.15, 0.2) is 0 Å². The summed E-state index contributed by atoms with van der Waals surface area (Å²) in [7, 11) is 1.42. The SMILES string of the molecule is CNC(=O)C(CC(=O)O)NC(C)(C)C(C)=O. The maximum atomic E-state index is 11.4. The molecule has 0 aromatic rings. The number of rotatable bonds is 6. The van der Waals surface area contributed by atoms with Crippen LogP contribution >= 0.6 is 0 Å². The lowest BCUT2D eigenvalue weighted by Crippen LogP contribution is -2.56. The third-order valence-corrected chi connectivity index (χ3v) is 2.36. The van der Waals surface area contributed by atoms with E-state index in [1.54, 1.807) is 13.8 Å². The topological polar surface area (TPSA) is 95.5 Å². The van der Waals surface area contributed by atoms with Crippen molar-refractivity contribution < 1.29 is 19.5 Å². The summed E-state index contributed by atoms with van der Waals surface area (Å²) in [6.45, 7) is 4.59. The average molecular weight is 230 g/mol.